The molecule has 0 aromatic heterocycles. The van der Waals surface area contributed by atoms with Crippen LogP contribution in [0, 0.1) is 0 Å². The van der Waals surface area contributed by atoms with Gasteiger partial charge >= 0.3 is 10.3 Å². The van der Waals surface area contributed by atoms with Crippen molar-refractivity contribution in [3.63, 3.8) is 0 Å². The Balaban J connectivity index is 1.96. The van der Waals surface area contributed by atoms with Gasteiger partial charge in [0.05, 0.1) is 0 Å². The van der Waals surface area contributed by atoms with Crippen LogP contribution < -0.4 is 4.72 Å². The lowest BCUT2D eigenvalue weighted by atomic mass is 9.96. The van der Waals surface area contributed by atoms with Crippen molar-refractivity contribution in [3.05, 3.63) is 48.0 Å². The Kier molecular flexibility index (Phi) is 6.61. The third-order valence-electron chi connectivity index (χ3n) is 3.85. The van der Waals surface area contributed by atoms with Crippen molar-refractivity contribution >= 4 is 10.3 Å². The van der Waals surface area contributed by atoms with E-state index in [9.17, 15) is 8.42 Å². The van der Waals surface area contributed by atoms with E-state index in [2.05, 4.69) is 4.72 Å². The maximum atomic E-state index is 12.2. The molecule has 1 fully saturated rings. The van der Waals surface area contributed by atoms with Crippen LogP contribution >= 0.6 is 0 Å². The van der Waals surface area contributed by atoms with Gasteiger partial charge in [-0.1, -0.05) is 61.7 Å². The first-order valence-electron chi connectivity index (χ1n) is 7.96. The molecule has 0 spiro atoms. The third-order valence-corrected chi connectivity index (χ3v) is 4.98. The van der Waals surface area contributed by atoms with Crippen LogP contribution in [0.15, 0.2) is 42.5 Å². The van der Waals surface area contributed by atoms with Crippen LogP contribution in [0.5, 0.6) is 0 Å². The van der Waals surface area contributed by atoms with E-state index in [-0.39, 0.29) is 6.04 Å². The zero-order valence-corrected chi connectivity index (χ0v) is 13.9. The van der Waals surface area contributed by atoms with Crippen molar-refractivity contribution in [2.75, 3.05) is 0 Å². The van der Waals surface area contributed by atoms with Gasteiger partial charge in [-0.25, -0.2) is 0 Å². The topological polar surface area (TPSA) is 55.4 Å². The molecule has 0 saturated heterocycles. The number of allylic oxidation sites excluding steroid dienone is 1. The highest BCUT2D eigenvalue weighted by Gasteiger charge is 2.23. The first-order chi connectivity index (χ1) is 10.6. The Morgan fingerprint density at radius 1 is 1.23 bits per heavy atom. The summed E-state index contributed by atoms with van der Waals surface area (Å²) >= 11 is 0. The van der Waals surface area contributed by atoms with Gasteiger partial charge in [0.15, 0.2) is 0 Å². The molecule has 1 aromatic rings. The first kappa shape index (κ1) is 17.2. The maximum Gasteiger partial charge on any atom is 0.336 e. The molecule has 1 unspecified atom stereocenters. The predicted octanol–water partition coefficient (Wildman–Crippen LogP) is 3.36. The van der Waals surface area contributed by atoms with Crippen LogP contribution in [0.4, 0.5) is 0 Å². The second-order valence-corrected chi connectivity index (χ2v) is 7.09. The van der Waals surface area contributed by atoms with Crippen LogP contribution in [0.2, 0.25) is 0 Å². The predicted molar refractivity (Wildman–Crippen MR) is 88.8 cm³/mol. The molecule has 1 atom stereocenters. The van der Waals surface area contributed by atoms with Crippen molar-refractivity contribution in [2.24, 2.45) is 0 Å². The number of nitrogens with one attached hydrogen (secondary N) is 1. The molecule has 5 heteroatoms. The summed E-state index contributed by atoms with van der Waals surface area (Å²) in [5.41, 5.74) is 1.05. The first-order valence-corrected chi connectivity index (χ1v) is 9.37. The molecule has 0 radical (unpaired) electrons. The van der Waals surface area contributed by atoms with E-state index in [1.165, 1.54) is 6.42 Å². The fourth-order valence-electron chi connectivity index (χ4n) is 2.81. The van der Waals surface area contributed by atoms with Crippen molar-refractivity contribution in [3.8, 4) is 0 Å². The number of hydrogen-bond acceptors (Lipinski definition) is 3. The SMILES string of the molecule is CC=CC(Cc1ccccc1)OS(=O)(=O)NC1CCCCC1. The van der Waals surface area contributed by atoms with Crippen molar-refractivity contribution in [2.45, 2.75) is 57.6 Å². The number of rotatable bonds is 7. The molecule has 0 bridgehead atoms. The van der Waals surface area contributed by atoms with E-state index in [1.807, 2.05) is 43.3 Å². The van der Waals surface area contributed by atoms with E-state index in [4.69, 9.17) is 4.18 Å². The van der Waals surface area contributed by atoms with Gasteiger partial charge in [0.25, 0.3) is 0 Å². The normalized spacial score (nSPS) is 18.6. The summed E-state index contributed by atoms with van der Waals surface area (Å²) in [7, 11) is -3.72. The van der Waals surface area contributed by atoms with Crippen molar-refractivity contribution in [1.29, 1.82) is 0 Å². The summed E-state index contributed by atoms with van der Waals surface area (Å²) in [6, 6.07) is 9.79. The summed E-state index contributed by atoms with van der Waals surface area (Å²) in [6.45, 7) is 1.86. The highest BCUT2D eigenvalue weighted by molar-refractivity contribution is 7.84. The Morgan fingerprint density at radius 3 is 2.55 bits per heavy atom. The smallest absolute Gasteiger partial charge is 0.250 e. The summed E-state index contributed by atoms with van der Waals surface area (Å²) in [5, 5.41) is 0. The summed E-state index contributed by atoms with van der Waals surface area (Å²) in [5.74, 6) is 0. The minimum atomic E-state index is -3.72. The van der Waals surface area contributed by atoms with E-state index in [1.54, 1.807) is 6.08 Å². The number of hydrogen-bond donors (Lipinski definition) is 1. The minimum Gasteiger partial charge on any atom is -0.250 e. The average Bonchev–Trinajstić information content (AvgIpc) is 2.48. The largest absolute Gasteiger partial charge is 0.336 e. The van der Waals surface area contributed by atoms with Crippen molar-refractivity contribution < 1.29 is 12.6 Å². The van der Waals surface area contributed by atoms with Gasteiger partial charge < -0.3 is 0 Å². The Morgan fingerprint density at radius 2 is 1.91 bits per heavy atom. The summed E-state index contributed by atoms with van der Waals surface area (Å²) in [4.78, 5) is 0. The Hall–Kier alpha value is -1.17. The quantitative estimate of drug-likeness (QED) is 0.783. The molecule has 1 saturated carbocycles. The molecular weight excluding hydrogens is 298 g/mol. The second kappa shape index (κ2) is 8.46. The lowest BCUT2D eigenvalue weighted by Crippen LogP contribution is -2.39. The lowest BCUT2D eigenvalue weighted by molar-refractivity contribution is 0.244. The summed E-state index contributed by atoms with van der Waals surface area (Å²) in [6.07, 6.45) is 8.81. The molecule has 1 aliphatic carbocycles. The number of benzene rings is 1. The highest BCUT2D eigenvalue weighted by Crippen LogP contribution is 2.19. The van der Waals surface area contributed by atoms with Gasteiger partial charge in [0, 0.05) is 12.5 Å². The van der Waals surface area contributed by atoms with Gasteiger partial charge in [-0.05, 0) is 25.3 Å². The molecule has 0 amide bonds. The molecule has 0 heterocycles. The van der Waals surface area contributed by atoms with Crippen LogP contribution in [-0.4, -0.2) is 20.6 Å². The summed E-state index contributed by atoms with van der Waals surface area (Å²) < 4.78 is 32.5. The highest BCUT2D eigenvalue weighted by atomic mass is 32.2. The van der Waals surface area contributed by atoms with Gasteiger partial charge in [-0.2, -0.15) is 13.1 Å². The minimum absolute atomic E-state index is 0.0155. The molecule has 2 rings (SSSR count). The molecule has 1 N–H and O–H groups in total. The Labute approximate surface area is 133 Å². The Bertz CT molecular complexity index is 563. The van der Waals surface area contributed by atoms with E-state index >= 15 is 0 Å². The van der Waals surface area contributed by atoms with E-state index in [0.717, 1.165) is 31.2 Å². The van der Waals surface area contributed by atoms with Gasteiger partial charge in [-0.15, -0.1) is 0 Å². The van der Waals surface area contributed by atoms with Gasteiger partial charge in [0.2, 0.25) is 0 Å². The zero-order valence-electron chi connectivity index (χ0n) is 13.1. The molecular formula is C17H25NO3S. The molecule has 22 heavy (non-hydrogen) atoms. The maximum absolute atomic E-state index is 12.2. The average molecular weight is 323 g/mol. The molecule has 122 valence electrons. The fourth-order valence-corrected chi connectivity index (χ4v) is 3.97. The lowest BCUT2D eigenvalue weighted by Gasteiger charge is -2.23. The molecule has 4 nitrogen and oxygen atoms in total. The van der Waals surface area contributed by atoms with E-state index in [0.29, 0.717) is 6.42 Å². The molecule has 0 aliphatic heterocycles. The third kappa shape index (κ3) is 5.91. The zero-order chi connectivity index (χ0) is 15.8. The fraction of sp³-hybridized carbons (Fsp3) is 0.529. The van der Waals surface area contributed by atoms with Crippen LogP contribution in [-0.2, 0) is 20.9 Å². The monoisotopic (exact) mass is 323 g/mol. The van der Waals surface area contributed by atoms with Crippen molar-refractivity contribution in [1.82, 2.24) is 4.72 Å². The van der Waals surface area contributed by atoms with Gasteiger partial charge in [0.1, 0.15) is 6.10 Å². The second-order valence-electron chi connectivity index (χ2n) is 5.76. The molecule has 1 aromatic carbocycles. The molecule has 1 aliphatic rings. The van der Waals surface area contributed by atoms with Crippen LogP contribution in [0.3, 0.4) is 0 Å². The van der Waals surface area contributed by atoms with E-state index < -0.39 is 16.4 Å². The van der Waals surface area contributed by atoms with Gasteiger partial charge in [-0.3, -0.25) is 4.18 Å². The van der Waals surface area contributed by atoms with Crippen LogP contribution in [0.1, 0.15) is 44.6 Å². The standard InChI is InChI=1S/C17H25NO3S/c1-2-9-17(14-15-10-5-3-6-11-15)21-22(19,20)18-16-12-7-4-8-13-16/h2-3,5-6,9-11,16-18H,4,7-8,12-14H2,1H3. The van der Waals surface area contributed by atoms with Crippen LogP contribution in [0.25, 0.3) is 0 Å².